The van der Waals surface area contributed by atoms with Crippen LogP contribution in [0.25, 0.3) is 0 Å². The fourth-order valence-corrected chi connectivity index (χ4v) is 2.87. The van der Waals surface area contributed by atoms with Gasteiger partial charge in [-0.15, -0.1) is 0 Å². The summed E-state index contributed by atoms with van der Waals surface area (Å²) in [6.45, 7) is 6.16. The highest BCUT2D eigenvalue weighted by atomic mass is 79.9. The van der Waals surface area contributed by atoms with Crippen molar-refractivity contribution in [3.63, 3.8) is 0 Å². The number of halogens is 1. The van der Waals surface area contributed by atoms with Gasteiger partial charge in [-0.1, -0.05) is 6.92 Å². The van der Waals surface area contributed by atoms with E-state index in [4.69, 9.17) is 0 Å². The van der Waals surface area contributed by atoms with E-state index >= 15 is 0 Å². The minimum Gasteiger partial charge on any atom is -0.364 e. The van der Waals surface area contributed by atoms with Crippen molar-refractivity contribution in [2.75, 3.05) is 31.5 Å². The Kier molecular flexibility index (Phi) is 5.31. The second-order valence-electron chi connectivity index (χ2n) is 5.06. The summed E-state index contributed by atoms with van der Waals surface area (Å²) in [5.41, 5.74) is 0.0162. The second kappa shape index (κ2) is 6.99. The van der Waals surface area contributed by atoms with Gasteiger partial charge in [-0.2, -0.15) is 0 Å². The van der Waals surface area contributed by atoms with Gasteiger partial charge in [0, 0.05) is 29.8 Å². The molecule has 1 aliphatic rings. The van der Waals surface area contributed by atoms with Crippen LogP contribution in [0.2, 0.25) is 0 Å². The summed E-state index contributed by atoms with van der Waals surface area (Å²) in [5.74, 6) is 0.876. The fraction of sp³-hybridized carbons (Fsp3) is 0.615. The molecule has 1 unspecified atom stereocenters. The van der Waals surface area contributed by atoms with Gasteiger partial charge in [0.15, 0.2) is 0 Å². The summed E-state index contributed by atoms with van der Waals surface area (Å²) in [4.78, 5) is 17.1. The Bertz CT molecular complexity index is 483. The van der Waals surface area contributed by atoms with Gasteiger partial charge in [0.25, 0.3) is 0 Å². The fourth-order valence-electron chi connectivity index (χ4n) is 2.55. The molecule has 1 aromatic heterocycles. The summed E-state index contributed by atoms with van der Waals surface area (Å²) in [5, 5.41) is 14.2. The summed E-state index contributed by atoms with van der Waals surface area (Å²) >= 11 is 3.21. The van der Waals surface area contributed by atoms with E-state index in [1.165, 1.54) is 12.5 Å². The van der Waals surface area contributed by atoms with Gasteiger partial charge in [0.2, 0.25) is 5.82 Å². The first-order valence-corrected chi connectivity index (χ1v) is 7.65. The van der Waals surface area contributed by atoms with Crippen LogP contribution in [0.4, 0.5) is 11.5 Å². The van der Waals surface area contributed by atoms with Crippen LogP contribution in [0.3, 0.4) is 0 Å². The van der Waals surface area contributed by atoms with Crippen molar-refractivity contribution in [3.8, 4) is 0 Å². The third-order valence-electron chi connectivity index (χ3n) is 3.64. The molecule has 0 radical (unpaired) electrons. The summed E-state index contributed by atoms with van der Waals surface area (Å²) in [6.07, 6.45) is 3.93. The number of piperidine rings is 1. The lowest BCUT2D eigenvalue weighted by atomic mass is 9.98. The zero-order chi connectivity index (χ0) is 14.5. The molecule has 110 valence electrons. The Morgan fingerprint density at radius 2 is 2.45 bits per heavy atom. The molecule has 0 saturated carbocycles. The Morgan fingerprint density at radius 3 is 3.15 bits per heavy atom. The predicted molar refractivity (Wildman–Crippen MR) is 81.9 cm³/mol. The van der Waals surface area contributed by atoms with Crippen molar-refractivity contribution in [1.82, 2.24) is 9.88 Å². The number of likely N-dealkylation sites (tertiary alicyclic amines) is 1. The topological polar surface area (TPSA) is 71.3 Å². The third-order valence-corrected chi connectivity index (χ3v) is 4.07. The van der Waals surface area contributed by atoms with Crippen molar-refractivity contribution < 1.29 is 4.92 Å². The molecule has 7 heteroatoms. The number of hydrogen-bond acceptors (Lipinski definition) is 5. The maximum Gasteiger partial charge on any atom is 0.312 e. The van der Waals surface area contributed by atoms with Gasteiger partial charge in [-0.3, -0.25) is 10.1 Å². The van der Waals surface area contributed by atoms with Crippen LogP contribution in [0.15, 0.2) is 16.7 Å². The minimum absolute atomic E-state index is 0.0162. The van der Waals surface area contributed by atoms with Crippen molar-refractivity contribution in [3.05, 3.63) is 26.9 Å². The highest BCUT2D eigenvalue weighted by Crippen LogP contribution is 2.26. The van der Waals surface area contributed by atoms with Gasteiger partial charge >= 0.3 is 5.69 Å². The highest BCUT2D eigenvalue weighted by Gasteiger charge is 2.21. The van der Waals surface area contributed by atoms with Crippen LogP contribution < -0.4 is 5.32 Å². The van der Waals surface area contributed by atoms with E-state index < -0.39 is 4.92 Å². The van der Waals surface area contributed by atoms with Crippen molar-refractivity contribution >= 4 is 27.4 Å². The first-order valence-electron chi connectivity index (χ1n) is 6.86. The number of rotatable bonds is 5. The van der Waals surface area contributed by atoms with Crippen LogP contribution in [0, 0.1) is 16.0 Å². The van der Waals surface area contributed by atoms with Gasteiger partial charge in [-0.25, -0.2) is 4.98 Å². The molecule has 0 spiro atoms. The Labute approximate surface area is 126 Å². The minimum atomic E-state index is -0.403. The maximum absolute atomic E-state index is 11.0. The van der Waals surface area contributed by atoms with Crippen LogP contribution in [-0.4, -0.2) is 41.0 Å². The molecule has 1 N–H and O–H groups in total. The van der Waals surface area contributed by atoms with E-state index in [0.717, 1.165) is 32.6 Å². The lowest BCUT2D eigenvalue weighted by Crippen LogP contribution is -2.37. The quantitative estimate of drug-likeness (QED) is 0.657. The molecule has 1 saturated heterocycles. The number of aromatic nitrogens is 1. The van der Waals surface area contributed by atoms with Crippen molar-refractivity contribution in [1.29, 1.82) is 0 Å². The normalized spacial score (nSPS) is 19.8. The largest absolute Gasteiger partial charge is 0.364 e. The molecular weight excluding hydrogens is 324 g/mol. The number of nitro groups is 1. The summed E-state index contributed by atoms with van der Waals surface area (Å²) in [7, 11) is 0. The van der Waals surface area contributed by atoms with Crippen molar-refractivity contribution in [2.24, 2.45) is 5.92 Å². The smallest absolute Gasteiger partial charge is 0.312 e. The van der Waals surface area contributed by atoms with Gasteiger partial charge in [-0.05, 0) is 47.8 Å². The van der Waals surface area contributed by atoms with Gasteiger partial charge in [0.1, 0.15) is 0 Å². The lowest BCUT2D eigenvalue weighted by molar-refractivity contribution is -0.384. The van der Waals surface area contributed by atoms with Crippen LogP contribution >= 0.6 is 15.9 Å². The first-order chi connectivity index (χ1) is 9.60. The first kappa shape index (κ1) is 15.2. The van der Waals surface area contributed by atoms with E-state index in [-0.39, 0.29) is 5.69 Å². The Balaban J connectivity index is 1.98. The molecule has 0 aliphatic carbocycles. The van der Waals surface area contributed by atoms with E-state index in [1.807, 2.05) is 0 Å². The van der Waals surface area contributed by atoms with Crippen molar-refractivity contribution in [2.45, 2.75) is 19.8 Å². The zero-order valence-electron chi connectivity index (χ0n) is 11.5. The lowest BCUT2D eigenvalue weighted by Gasteiger charge is -2.31. The monoisotopic (exact) mass is 342 g/mol. The number of nitrogens with one attached hydrogen (secondary N) is 1. The molecule has 20 heavy (non-hydrogen) atoms. The van der Waals surface area contributed by atoms with Gasteiger partial charge < -0.3 is 10.2 Å². The van der Waals surface area contributed by atoms with Crippen LogP contribution in [-0.2, 0) is 0 Å². The average Bonchev–Trinajstić information content (AvgIpc) is 2.46. The molecule has 2 heterocycles. The molecular formula is C13H19BrN4O2. The Morgan fingerprint density at radius 1 is 1.65 bits per heavy atom. The number of anilines is 1. The van der Waals surface area contributed by atoms with E-state index in [9.17, 15) is 10.1 Å². The predicted octanol–water partition coefficient (Wildman–Crippen LogP) is 2.90. The van der Waals surface area contributed by atoms with E-state index in [0.29, 0.717) is 16.2 Å². The zero-order valence-corrected chi connectivity index (χ0v) is 13.1. The molecule has 1 aromatic rings. The molecule has 1 atom stereocenters. The standard InChI is InChI=1S/C13H19BrN4O2/c1-2-17-5-3-4-10(9-17)7-15-13-12(18(19)20)6-11(14)8-16-13/h6,8,10H,2-5,7,9H2,1H3,(H,15,16). The highest BCUT2D eigenvalue weighted by molar-refractivity contribution is 9.10. The maximum atomic E-state index is 11.0. The molecule has 0 aromatic carbocycles. The second-order valence-corrected chi connectivity index (χ2v) is 5.98. The SMILES string of the molecule is CCN1CCCC(CNc2ncc(Br)cc2[N+](=O)[O-])C1. The van der Waals surface area contributed by atoms with Crippen LogP contribution in [0.1, 0.15) is 19.8 Å². The number of nitrogens with zero attached hydrogens (tertiary/aromatic N) is 3. The molecule has 1 aliphatic heterocycles. The van der Waals surface area contributed by atoms with E-state index in [1.54, 1.807) is 6.20 Å². The summed E-state index contributed by atoms with van der Waals surface area (Å²) in [6, 6.07) is 1.48. The van der Waals surface area contributed by atoms with Gasteiger partial charge in [0.05, 0.1) is 4.92 Å². The molecule has 0 amide bonds. The summed E-state index contributed by atoms with van der Waals surface area (Å²) < 4.78 is 0.615. The van der Waals surface area contributed by atoms with E-state index in [2.05, 4.69) is 38.1 Å². The molecule has 1 fully saturated rings. The number of hydrogen-bond donors (Lipinski definition) is 1. The van der Waals surface area contributed by atoms with Crippen LogP contribution in [0.5, 0.6) is 0 Å². The molecule has 6 nitrogen and oxygen atoms in total. The average molecular weight is 343 g/mol. The molecule has 2 rings (SSSR count). The third kappa shape index (κ3) is 3.89. The number of pyridine rings is 1. The Hall–Kier alpha value is -1.21. The molecule has 0 bridgehead atoms.